The zero-order valence-electron chi connectivity index (χ0n) is 16.0. The molecule has 1 amide bonds. The number of hydrogen-bond acceptors (Lipinski definition) is 3. The first kappa shape index (κ1) is 21.0. The lowest BCUT2D eigenvalue weighted by atomic mass is 10.2. The van der Waals surface area contributed by atoms with Crippen LogP contribution in [0.25, 0.3) is 0 Å². The van der Waals surface area contributed by atoms with Gasteiger partial charge in [-0.3, -0.25) is 9.10 Å². The minimum absolute atomic E-state index is 0.0971. The molecule has 2 rings (SSSR count). The molecule has 0 fully saturated rings. The zero-order valence-corrected chi connectivity index (χ0v) is 16.8. The lowest BCUT2D eigenvalue weighted by molar-refractivity contribution is -0.120. The number of anilines is 1. The number of carbonyl (C=O) groups is 1. The van der Waals surface area contributed by atoms with Crippen molar-refractivity contribution in [3.05, 3.63) is 60.2 Å². The van der Waals surface area contributed by atoms with E-state index in [0.29, 0.717) is 12.2 Å². The second-order valence-corrected chi connectivity index (χ2v) is 8.40. The fraction of sp³-hybridized carbons (Fsp3) is 0.381. The highest BCUT2D eigenvalue weighted by Crippen LogP contribution is 2.24. The molecule has 0 aliphatic rings. The van der Waals surface area contributed by atoms with Gasteiger partial charge in [-0.2, -0.15) is 0 Å². The number of rotatable bonds is 10. The maximum atomic E-state index is 13.2. The molecular formula is C21H28N2O3S. The van der Waals surface area contributed by atoms with E-state index >= 15 is 0 Å². The number of benzene rings is 2. The summed E-state index contributed by atoms with van der Waals surface area (Å²) in [5, 5.41) is 2.86. The summed E-state index contributed by atoms with van der Waals surface area (Å²) in [7, 11) is -3.74. The minimum Gasteiger partial charge on any atom is -0.356 e. The van der Waals surface area contributed by atoms with Crippen molar-refractivity contribution in [1.82, 2.24) is 5.32 Å². The normalized spacial score (nSPS) is 11.2. The Morgan fingerprint density at radius 1 is 1.00 bits per heavy atom. The number of aryl methyl sites for hydroxylation is 1. The van der Waals surface area contributed by atoms with Gasteiger partial charge in [0.2, 0.25) is 5.91 Å². The molecular weight excluding hydrogens is 360 g/mol. The van der Waals surface area contributed by atoms with Crippen molar-refractivity contribution in [3.8, 4) is 0 Å². The highest BCUT2D eigenvalue weighted by Gasteiger charge is 2.25. The molecule has 0 atom stereocenters. The van der Waals surface area contributed by atoms with E-state index in [0.717, 1.165) is 24.8 Å². The zero-order chi connectivity index (χ0) is 19.7. The summed E-state index contributed by atoms with van der Waals surface area (Å²) < 4.78 is 27.6. The van der Waals surface area contributed by atoms with E-state index < -0.39 is 10.0 Å². The Balaban J connectivity index is 2.15. The second kappa shape index (κ2) is 10.1. The van der Waals surface area contributed by atoms with Crippen molar-refractivity contribution in [2.75, 3.05) is 17.4 Å². The summed E-state index contributed by atoms with van der Waals surface area (Å²) in [6.45, 7) is 4.74. The van der Waals surface area contributed by atoms with Crippen LogP contribution in [0.1, 0.15) is 38.2 Å². The number of nitrogens with zero attached hydrogens (tertiary/aromatic N) is 1. The monoisotopic (exact) mass is 388 g/mol. The fourth-order valence-corrected chi connectivity index (χ4v) is 4.18. The maximum Gasteiger partial charge on any atom is 0.264 e. The molecule has 0 aliphatic heterocycles. The first-order valence-electron chi connectivity index (χ1n) is 9.36. The summed E-state index contributed by atoms with van der Waals surface area (Å²) in [4.78, 5) is 12.3. The number of unbranched alkanes of at least 4 members (excludes halogenated alkanes) is 2. The number of nitrogens with one attached hydrogen (secondary N) is 1. The molecule has 146 valence electrons. The molecule has 2 aromatic carbocycles. The molecule has 0 heterocycles. The highest BCUT2D eigenvalue weighted by atomic mass is 32.2. The van der Waals surface area contributed by atoms with Crippen LogP contribution in [0.3, 0.4) is 0 Å². The van der Waals surface area contributed by atoms with Crippen LogP contribution in [0, 0.1) is 6.92 Å². The van der Waals surface area contributed by atoms with Gasteiger partial charge in [-0.15, -0.1) is 0 Å². The van der Waals surface area contributed by atoms with Gasteiger partial charge in [-0.1, -0.05) is 55.7 Å². The number of carbonyl (C=O) groups excluding carboxylic acids is 1. The van der Waals surface area contributed by atoms with Crippen molar-refractivity contribution in [1.29, 1.82) is 0 Å². The van der Waals surface area contributed by atoms with Crippen LogP contribution in [0.15, 0.2) is 59.5 Å². The number of amides is 1. The average molecular weight is 389 g/mol. The SMILES string of the molecule is CCCCCNC(=O)CCN(c1ccccc1)S(=O)(=O)c1ccc(C)cc1. The topological polar surface area (TPSA) is 66.5 Å². The Hall–Kier alpha value is -2.34. The van der Waals surface area contributed by atoms with E-state index in [-0.39, 0.29) is 23.8 Å². The van der Waals surface area contributed by atoms with E-state index in [1.807, 2.05) is 13.0 Å². The third-order valence-corrected chi connectivity index (χ3v) is 6.14. The maximum absolute atomic E-state index is 13.2. The molecule has 27 heavy (non-hydrogen) atoms. The largest absolute Gasteiger partial charge is 0.356 e. The molecule has 2 aromatic rings. The van der Waals surface area contributed by atoms with E-state index in [4.69, 9.17) is 0 Å². The number of hydrogen-bond donors (Lipinski definition) is 1. The van der Waals surface area contributed by atoms with Gasteiger partial charge in [-0.25, -0.2) is 8.42 Å². The molecule has 5 nitrogen and oxygen atoms in total. The minimum atomic E-state index is -3.74. The second-order valence-electron chi connectivity index (χ2n) is 6.53. The smallest absolute Gasteiger partial charge is 0.264 e. The molecule has 6 heteroatoms. The third-order valence-electron chi connectivity index (χ3n) is 4.30. The first-order valence-corrected chi connectivity index (χ1v) is 10.8. The standard InChI is InChI=1S/C21H28N2O3S/c1-3-4-8-16-22-21(24)15-17-23(19-9-6-5-7-10-19)27(25,26)20-13-11-18(2)12-14-20/h5-7,9-14H,3-4,8,15-17H2,1-2H3,(H,22,24). The average Bonchev–Trinajstić information content (AvgIpc) is 2.66. The molecule has 0 bridgehead atoms. The third kappa shape index (κ3) is 6.10. The molecule has 0 aromatic heterocycles. The van der Waals surface area contributed by atoms with Crippen LogP contribution in [-0.4, -0.2) is 27.4 Å². The van der Waals surface area contributed by atoms with E-state index in [9.17, 15) is 13.2 Å². The quantitative estimate of drug-likeness (QED) is 0.628. The predicted molar refractivity (Wildman–Crippen MR) is 109 cm³/mol. The van der Waals surface area contributed by atoms with Crippen LogP contribution < -0.4 is 9.62 Å². The molecule has 0 radical (unpaired) electrons. The number of sulfonamides is 1. The van der Waals surface area contributed by atoms with Crippen molar-refractivity contribution in [2.45, 2.75) is 44.4 Å². The summed E-state index contributed by atoms with van der Waals surface area (Å²) in [6, 6.07) is 15.6. The highest BCUT2D eigenvalue weighted by molar-refractivity contribution is 7.92. The van der Waals surface area contributed by atoms with E-state index in [2.05, 4.69) is 12.2 Å². The first-order chi connectivity index (χ1) is 12.9. The van der Waals surface area contributed by atoms with Crippen molar-refractivity contribution < 1.29 is 13.2 Å². The summed E-state index contributed by atoms with van der Waals surface area (Å²) in [5.41, 5.74) is 1.54. The van der Waals surface area contributed by atoms with Gasteiger partial charge < -0.3 is 5.32 Å². The van der Waals surface area contributed by atoms with Gasteiger partial charge >= 0.3 is 0 Å². The van der Waals surface area contributed by atoms with Crippen LogP contribution >= 0.6 is 0 Å². The molecule has 0 unspecified atom stereocenters. The van der Waals surface area contributed by atoms with Gasteiger partial charge in [-0.05, 0) is 37.6 Å². The van der Waals surface area contributed by atoms with Crippen molar-refractivity contribution in [2.24, 2.45) is 0 Å². The fourth-order valence-electron chi connectivity index (χ4n) is 2.71. The Morgan fingerprint density at radius 2 is 1.67 bits per heavy atom. The van der Waals surface area contributed by atoms with Gasteiger partial charge in [0.25, 0.3) is 10.0 Å². The molecule has 1 N–H and O–H groups in total. The van der Waals surface area contributed by atoms with Crippen LogP contribution in [0.2, 0.25) is 0 Å². The van der Waals surface area contributed by atoms with E-state index in [1.54, 1.807) is 48.5 Å². The van der Waals surface area contributed by atoms with Crippen LogP contribution in [-0.2, 0) is 14.8 Å². The predicted octanol–water partition coefficient (Wildman–Crippen LogP) is 3.89. The van der Waals surface area contributed by atoms with Gasteiger partial charge in [0, 0.05) is 19.5 Å². The van der Waals surface area contributed by atoms with Gasteiger partial charge in [0.15, 0.2) is 0 Å². The lowest BCUT2D eigenvalue weighted by Crippen LogP contribution is -2.35. The summed E-state index contributed by atoms with van der Waals surface area (Å²) >= 11 is 0. The Kier molecular flexibility index (Phi) is 7.85. The Morgan fingerprint density at radius 3 is 2.30 bits per heavy atom. The summed E-state index contributed by atoms with van der Waals surface area (Å²) in [6.07, 6.45) is 3.21. The van der Waals surface area contributed by atoms with Crippen molar-refractivity contribution in [3.63, 3.8) is 0 Å². The van der Waals surface area contributed by atoms with Crippen LogP contribution in [0.4, 0.5) is 5.69 Å². The van der Waals surface area contributed by atoms with Gasteiger partial charge in [0.05, 0.1) is 10.6 Å². The molecule has 0 spiro atoms. The number of para-hydroxylation sites is 1. The van der Waals surface area contributed by atoms with Gasteiger partial charge in [0.1, 0.15) is 0 Å². The van der Waals surface area contributed by atoms with E-state index in [1.165, 1.54) is 4.31 Å². The van der Waals surface area contributed by atoms with Crippen molar-refractivity contribution >= 4 is 21.6 Å². The molecule has 0 saturated heterocycles. The van der Waals surface area contributed by atoms with Crippen LogP contribution in [0.5, 0.6) is 0 Å². The lowest BCUT2D eigenvalue weighted by Gasteiger charge is -2.24. The summed E-state index contributed by atoms with van der Waals surface area (Å²) in [5.74, 6) is -0.133. The Labute approximate surface area is 162 Å². The molecule has 0 aliphatic carbocycles. The molecule has 0 saturated carbocycles. The Bertz CT molecular complexity index is 818.